The van der Waals surface area contributed by atoms with Gasteiger partial charge in [-0.05, 0) is 29.3 Å². The van der Waals surface area contributed by atoms with E-state index in [0.29, 0.717) is 18.0 Å². The highest BCUT2D eigenvalue weighted by Gasteiger charge is 2.32. The fourth-order valence-corrected chi connectivity index (χ4v) is 2.96. The molecule has 0 spiro atoms. The lowest BCUT2D eigenvalue weighted by atomic mass is 10.1. The lowest BCUT2D eigenvalue weighted by molar-refractivity contribution is -0.138. The van der Waals surface area contributed by atoms with Crippen LogP contribution in [-0.4, -0.2) is 22.4 Å². The fraction of sp³-hybridized carbons (Fsp3) is 0.190. The first-order valence-electron chi connectivity index (χ1n) is 8.67. The van der Waals surface area contributed by atoms with Gasteiger partial charge in [0.25, 0.3) is 5.56 Å². The molecule has 1 unspecified atom stereocenters. The fourth-order valence-electron chi connectivity index (χ4n) is 2.74. The second kappa shape index (κ2) is 8.71. The van der Waals surface area contributed by atoms with Crippen molar-refractivity contribution in [1.82, 2.24) is 4.57 Å². The number of aliphatic hydroxyl groups is 1. The Morgan fingerprint density at radius 2 is 1.66 bits per heavy atom. The zero-order valence-electron chi connectivity index (χ0n) is 15.1. The summed E-state index contributed by atoms with van der Waals surface area (Å²) in [6, 6.07) is 17.4. The SMILES string of the molecule is O=c1c(Cl)cc(C(F)(F)F)cn1CC(O)COc1ccc(-c2ccccc2)cc1. The Morgan fingerprint density at radius 3 is 2.28 bits per heavy atom. The van der Waals surface area contributed by atoms with Crippen LogP contribution >= 0.6 is 11.6 Å². The predicted octanol–water partition coefficient (Wildman–Crippen LogP) is 4.63. The third-order valence-corrected chi connectivity index (χ3v) is 4.45. The highest BCUT2D eigenvalue weighted by atomic mass is 35.5. The van der Waals surface area contributed by atoms with E-state index < -0.39 is 28.4 Å². The van der Waals surface area contributed by atoms with Crippen molar-refractivity contribution in [3.8, 4) is 16.9 Å². The minimum Gasteiger partial charge on any atom is -0.491 e. The van der Waals surface area contributed by atoms with E-state index in [1.807, 2.05) is 42.5 Å². The summed E-state index contributed by atoms with van der Waals surface area (Å²) in [7, 11) is 0. The summed E-state index contributed by atoms with van der Waals surface area (Å²) in [6.45, 7) is -0.588. The van der Waals surface area contributed by atoms with Crippen LogP contribution < -0.4 is 10.3 Å². The van der Waals surface area contributed by atoms with Gasteiger partial charge < -0.3 is 14.4 Å². The second-order valence-electron chi connectivity index (χ2n) is 6.39. The molecular weight excluding hydrogens is 407 g/mol. The molecule has 0 saturated carbocycles. The smallest absolute Gasteiger partial charge is 0.417 e. The number of alkyl halides is 3. The Hall–Kier alpha value is -2.77. The minimum absolute atomic E-state index is 0.203. The molecule has 0 bridgehead atoms. The maximum absolute atomic E-state index is 12.9. The molecule has 1 atom stereocenters. The number of pyridine rings is 1. The van der Waals surface area contributed by atoms with E-state index in [4.69, 9.17) is 16.3 Å². The van der Waals surface area contributed by atoms with Gasteiger partial charge in [0.05, 0.1) is 12.1 Å². The van der Waals surface area contributed by atoms with Gasteiger partial charge in [0.2, 0.25) is 0 Å². The molecule has 0 aliphatic heterocycles. The van der Waals surface area contributed by atoms with Gasteiger partial charge >= 0.3 is 6.18 Å². The topological polar surface area (TPSA) is 51.5 Å². The summed E-state index contributed by atoms with van der Waals surface area (Å²) >= 11 is 5.60. The Morgan fingerprint density at radius 1 is 1.03 bits per heavy atom. The molecule has 0 saturated heterocycles. The van der Waals surface area contributed by atoms with Crippen molar-refractivity contribution in [1.29, 1.82) is 0 Å². The summed E-state index contributed by atoms with van der Waals surface area (Å²) in [6.07, 6.45) is -5.23. The number of hydrogen-bond acceptors (Lipinski definition) is 3. The van der Waals surface area contributed by atoms with Gasteiger partial charge in [0, 0.05) is 6.20 Å². The Balaban J connectivity index is 1.64. The third kappa shape index (κ3) is 5.40. The standard InChI is InChI=1S/C21H17ClF3NO3/c22-19-10-16(21(23,24)25)11-26(20(19)28)12-17(27)13-29-18-8-6-15(7-9-18)14-4-2-1-3-5-14/h1-11,17,27H,12-13H2. The molecule has 8 heteroatoms. The average molecular weight is 424 g/mol. The molecule has 4 nitrogen and oxygen atoms in total. The average Bonchev–Trinajstić information content (AvgIpc) is 2.70. The molecule has 152 valence electrons. The van der Waals surface area contributed by atoms with Crippen LogP contribution in [0.25, 0.3) is 11.1 Å². The summed E-state index contributed by atoms with van der Waals surface area (Å²) in [5.41, 5.74) is 0.154. The minimum atomic E-state index is -4.65. The molecule has 29 heavy (non-hydrogen) atoms. The molecule has 1 N–H and O–H groups in total. The predicted molar refractivity (Wildman–Crippen MR) is 104 cm³/mol. The number of aliphatic hydroxyl groups excluding tert-OH is 1. The van der Waals surface area contributed by atoms with Gasteiger partial charge in [0.1, 0.15) is 23.5 Å². The van der Waals surface area contributed by atoms with Gasteiger partial charge in [0.15, 0.2) is 0 Å². The van der Waals surface area contributed by atoms with E-state index in [-0.39, 0.29) is 13.2 Å². The van der Waals surface area contributed by atoms with Crippen LogP contribution in [0.1, 0.15) is 5.56 Å². The van der Waals surface area contributed by atoms with Crippen LogP contribution in [-0.2, 0) is 12.7 Å². The molecule has 3 aromatic rings. The number of aromatic nitrogens is 1. The lowest BCUT2D eigenvalue weighted by Gasteiger charge is -2.16. The lowest BCUT2D eigenvalue weighted by Crippen LogP contribution is -2.31. The van der Waals surface area contributed by atoms with E-state index in [1.165, 1.54) is 0 Å². The molecule has 1 heterocycles. The van der Waals surface area contributed by atoms with Crippen molar-refractivity contribution in [3.05, 3.63) is 87.8 Å². The van der Waals surface area contributed by atoms with Crippen molar-refractivity contribution in [2.75, 3.05) is 6.61 Å². The van der Waals surface area contributed by atoms with E-state index in [1.54, 1.807) is 12.1 Å². The molecule has 0 radical (unpaired) electrons. The summed E-state index contributed by atoms with van der Waals surface area (Å²) in [4.78, 5) is 11.9. The molecule has 3 rings (SSSR count). The van der Waals surface area contributed by atoms with Crippen LogP contribution in [0.2, 0.25) is 5.02 Å². The van der Waals surface area contributed by atoms with Crippen molar-refractivity contribution in [2.24, 2.45) is 0 Å². The number of rotatable bonds is 6. The summed E-state index contributed by atoms with van der Waals surface area (Å²) < 4.78 is 44.9. The summed E-state index contributed by atoms with van der Waals surface area (Å²) in [5, 5.41) is 9.53. The van der Waals surface area contributed by atoms with Crippen LogP contribution in [0, 0.1) is 0 Å². The molecule has 0 fully saturated rings. The molecule has 2 aromatic carbocycles. The second-order valence-corrected chi connectivity index (χ2v) is 6.79. The van der Waals surface area contributed by atoms with E-state index in [0.717, 1.165) is 15.7 Å². The zero-order valence-corrected chi connectivity index (χ0v) is 15.8. The van der Waals surface area contributed by atoms with Crippen molar-refractivity contribution in [3.63, 3.8) is 0 Å². The maximum Gasteiger partial charge on any atom is 0.417 e. The molecule has 0 amide bonds. The first-order valence-corrected chi connectivity index (χ1v) is 9.05. The van der Waals surface area contributed by atoms with Gasteiger partial charge in [-0.2, -0.15) is 13.2 Å². The maximum atomic E-state index is 12.9. The van der Waals surface area contributed by atoms with Crippen molar-refractivity contribution >= 4 is 11.6 Å². The number of halogens is 4. The molecule has 1 aromatic heterocycles. The van der Waals surface area contributed by atoms with Crippen molar-refractivity contribution < 1.29 is 23.0 Å². The van der Waals surface area contributed by atoms with Crippen LogP contribution in [0.4, 0.5) is 13.2 Å². The Bertz CT molecular complexity index is 1020. The highest BCUT2D eigenvalue weighted by Crippen LogP contribution is 2.29. The van der Waals surface area contributed by atoms with Crippen molar-refractivity contribution in [2.45, 2.75) is 18.8 Å². The van der Waals surface area contributed by atoms with E-state index in [2.05, 4.69) is 0 Å². The number of nitrogens with zero attached hydrogens (tertiary/aromatic N) is 1. The van der Waals surface area contributed by atoms with Crippen LogP contribution in [0.15, 0.2) is 71.7 Å². The van der Waals surface area contributed by atoms with E-state index in [9.17, 15) is 23.1 Å². The highest BCUT2D eigenvalue weighted by molar-refractivity contribution is 6.30. The molecular formula is C21H17ClF3NO3. The van der Waals surface area contributed by atoms with Gasteiger partial charge in [-0.3, -0.25) is 4.79 Å². The van der Waals surface area contributed by atoms with Crippen LogP contribution in [0.3, 0.4) is 0 Å². The third-order valence-electron chi connectivity index (χ3n) is 4.18. The number of benzene rings is 2. The van der Waals surface area contributed by atoms with Gasteiger partial charge in [-0.1, -0.05) is 54.1 Å². The van der Waals surface area contributed by atoms with Gasteiger partial charge in [-0.25, -0.2) is 0 Å². The number of ether oxygens (including phenoxy) is 1. The quantitative estimate of drug-likeness (QED) is 0.629. The normalized spacial score (nSPS) is 12.6. The Labute approximate surface area is 169 Å². The molecule has 0 aliphatic rings. The van der Waals surface area contributed by atoms with Gasteiger partial charge in [-0.15, -0.1) is 0 Å². The first-order chi connectivity index (χ1) is 13.7. The number of hydrogen-bond donors (Lipinski definition) is 1. The monoisotopic (exact) mass is 423 g/mol. The summed E-state index contributed by atoms with van der Waals surface area (Å²) in [5.74, 6) is 0.484. The largest absolute Gasteiger partial charge is 0.491 e. The molecule has 0 aliphatic carbocycles. The van der Waals surface area contributed by atoms with Crippen LogP contribution in [0.5, 0.6) is 5.75 Å². The first kappa shape index (κ1) is 21.0. The Kier molecular flexibility index (Phi) is 6.30. The zero-order chi connectivity index (χ0) is 21.0. The van der Waals surface area contributed by atoms with E-state index >= 15 is 0 Å².